The highest BCUT2D eigenvalue weighted by molar-refractivity contribution is 5.98. The van der Waals surface area contributed by atoms with Crippen LogP contribution < -0.4 is 5.32 Å². The average Bonchev–Trinajstić information content (AvgIpc) is 2.80. The Labute approximate surface area is 94.0 Å². The predicted octanol–water partition coefficient (Wildman–Crippen LogP) is 1.51. The Balaban J connectivity index is 1.76. The monoisotopic (exact) mass is 218 g/mol. The fraction of sp³-hybridized carbons (Fsp3) is 0.500. The second-order valence-electron chi connectivity index (χ2n) is 4.72. The van der Waals surface area contributed by atoms with E-state index in [-0.39, 0.29) is 5.91 Å². The molecule has 4 heteroatoms. The number of hydrogen-bond donors (Lipinski definition) is 1. The van der Waals surface area contributed by atoms with Crippen LogP contribution in [0, 0.1) is 12.8 Å². The van der Waals surface area contributed by atoms with Crippen LogP contribution in [0.4, 0.5) is 5.69 Å². The molecule has 3 aliphatic rings. The van der Waals surface area contributed by atoms with Gasteiger partial charge in [-0.05, 0) is 37.3 Å². The van der Waals surface area contributed by atoms with Crippen LogP contribution in [0.2, 0.25) is 0 Å². The number of aromatic nitrogens is 1. The smallest absolute Gasteiger partial charge is 0.256 e. The molecule has 1 aliphatic carbocycles. The van der Waals surface area contributed by atoms with Gasteiger partial charge in [0.15, 0.2) is 0 Å². The van der Waals surface area contributed by atoms with Crippen LogP contribution in [0.1, 0.15) is 18.4 Å². The molecule has 1 saturated carbocycles. The maximum atomic E-state index is 12.1. The van der Waals surface area contributed by atoms with Crippen molar-refractivity contribution in [3.05, 3.63) is 24.0 Å². The molecule has 1 amide bonds. The minimum absolute atomic E-state index is 0.0163. The van der Waals surface area contributed by atoms with Crippen molar-refractivity contribution in [3.63, 3.8) is 0 Å². The van der Waals surface area contributed by atoms with E-state index in [0.29, 0.717) is 5.92 Å². The first kappa shape index (κ1) is 9.78. The van der Waals surface area contributed by atoms with Crippen LogP contribution in [0.3, 0.4) is 0 Å². The Morgan fingerprint density at radius 2 is 2.44 bits per heavy atom. The van der Waals surface area contributed by atoms with Crippen molar-refractivity contribution in [2.24, 2.45) is 5.92 Å². The van der Waals surface area contributed by atoms with Crippen LogP contribution >= 0.6 is 0 Å². The fourth-order valence-corrected chi connectivity index (χ4v) is 2.47. The van der Waals surface area contributed by atoms with E-state index in [1.807, 2.05) is 13.0 Å². The van der Waals surface area contributed by atoms with Gasteiger partial charge >= 0.3 is 0 Å². The van der Waals surface area contributed by atoms with Gasteiger partial charge in [0.25, 0.3) is 5.91 Å². The van der Waals surface area contributed by atoms with E-state index in [9.17, 15) is 4.79 Å². The number of rotatable bonds is 2. The molecule has 2 aliphatic heterocycles. The van der Waals surface area contributed by atoms with Gasteiger partial charge in [0, 0.05) is 6.20 Å². The summed E-state index contributed by atoms with van der Waals surface area (Å²) < 4.78 is 5.56. The summed E-state index contributed by atoms with van der Waals surface area (Å²) in [5.41, 5.74) is 1.27. The van der Waals surface area contributed by atoms with Crippen molar-refractivity contribution >= 4 is 11.6 Å². The number of anilines is 1. The molecule has 2 saturated heterocycles. The summed E-state index contributed by atoms with van der Waals surface area (Å²) in [5.74, 6) is 0.582. The number of nitrogens with one attached hydrogen (secondary N) is 1. The molecule has 0 spiro atoms. The van der Waals surface area contributed by atoms with Crippen molar-refractivity contribution in [1.29, 1.82) is 0 Å². The molecule has 4 nitrogen and oxygen atoms in total. The van der Waals surface area contributed by atoms with Gasteiger partial charge in [-0.1, -0.05) is 0 Å². The number of carbonyl (C=O) groups is 1. The van der Waals surface area contributed by atoms with Gasteiger partial charge in [-0.15, -0.1) is 0 Å². The highest BCUT2D eigenvalue weighted by Crippen LogP contribution is 2.48. The minimum Gasteiger partial charge on any atom is -0.365 e. The third-order valence-electron chi connectivity index (χ3n) is 3.53. The molecule has 1 N–H and O–H groups in total. The molecule has 0 unspecified atom stereocenters. The SMILES string of the molecule is Cc1ccncc1NC(=O)C12CC(CO1)C2. The zero-order valence-electron chi connectivity index (χ0n) is 9.19. The number of amides is 1. The summed E-state index contributed by atoms with van der Waals surface area (Å²) in [6.45, 7) is 2.69. The topological polar surface area (TPSA) is 51.2 Å². The summed E-state index contributed by atoms with van der Waals surface area (Å²) in [6.07, 6.45) is 5.14. The highest BCUT2D eigenvalue weighted by atomic mass is 16.5. The van der Waals surface area contributed by atoms with Gasteiger partial charge in [0.2, 0.25) is 0 Å². The molecule has 3 heterocycles. The van der Waals surface area contributed by atoms with Crippen LogP contribution in [-0.4, -0.2) is 23.1 Å². The third-order valence-corrected chi connectivity index (χ3v) is 3.53. The zero-order valence-corrected chi connectivity index (χ0v) is 9.19. The first-order valence-electron chi connectivity index (χ1n) is 5.56. The Kier molecular flexibility index (Phi) is 2.01. The summed E-state index contributed by atoms with van der Waals surface area (Å²) in [4.78, 5) is 16.1. The van der Waals surface area contributed by atoms with E-state index in [1.165, 1.54) is 0 Å². The molecule has 4 rings (SSSR count). The van der Waals surface area contributed by atoms with Gasteiger partial charge in [-0.3, -0.25) is 9.78 Å². The minimum atomic E-state index is -0.535. The van der Waals surface area contributed by atoms with Crippen LogP contribution in [-0.2, 0) is 9.53 Å². The number of hydrogen-bond acceptors (Lipinski definition) is 3. The zero-order chi connectivity index (χ0) is 11.2. The second kappa shape index (κ2) is 3.28. The lowest BCUT2D eigenvalue weighted by molar-refractivity contribution is -0.137. The number of ether oxygens (including phenoxy) is 1. The maximum Gasteiger partial charge on any atom is 0.256 e. The standard InChI is InChI=1S/C12H14N2O2/c1-8-2-3-13-6-10(8)14-11(15)12-4-9(5-12)7-16-12/h2-3,6,9H,4-5,7H2,1H3,(H,14,15). The first-order chi connectivity index (χ1) is 7.70. The molecule has 1 aromatic heterocycles. The number of pyridine rings is 1. The Morgan fingerprint density at radius 1 is 1.62 bits per heavy atom. The van der Waals surface area contributed by atoms with Crippen LogP contribution in [0.5, 0.6) is 0 Å². The van der Waals surface area contributed by atoms with Crippen molar-refractivity contribution in [1.82, 2.24) is 4.98 Å². The lowest BCUT2D eigenvalue weighted by Crippen LogP contribution is -2.48. The second-order valence-corrected chi connectivity index (χ2v) is 4.72. The molecule has 16 heavy (non-hydrogen) atoms. The predicted molar refractivity (Wildman–Crippen MR) is 59.0 cm³/mol. The summed E-state index contributed by atoms with van der Waals surface area (Å²) >= 11 is 0. The molecule has 1 aromatic rings. The number of aryl methyl sites for hydroxylation is 1. The van der Waals surface area contributed by atoms with Crippen LogP contribution in [0.25, 0.3) is 0 Å². The number of fused-ring (bicyclic) bond motifs is 1. The summed E-state index contributed by atoms with van der Waals surface area (Å²) in [7, 11) is 0. The molecule has 2 bridgehead atoms. The first-order valence-corrected chi connectivity index (χ1v) is 5.56. The highest BCUT2D eigenvalue weighted by Gasteiger charge is 2.57. The van der Waals surface area contributed by atoms with E-state index in [0.717, 1.165) is 30.7 Å². The van der Waals surface area contributed by atoms with E-state index < -0.39 is 5.60 Å². The summed E-state index contributed by atoms with van der Waals surface area (Å²) in [6, 6.07) is 1.88. The molecule has 0 aromatic carbocycles. The molecule has 3 fully saturated rings. The Morgan fingerprint density at radius 3 is 3.06 bits per heavy atom. The van der Waals surface area contributed by atoms with Crippen LogP contribution in [0.15, 0.2) is 18.5 Å². The van der Waals surface area contributed by atoms with Gasteiger partial charge < -0.3 is 10.1 Å². The maximum absolute atomic E-state index is 12.1. The quantitative estimate of drug-likeness (QED) is 0.818. The van der Waals surface area contributed by atoms with Crippen molar-refractivity contribution in [3.8, 4) is 0 Å². The van der Waals surface area contributed by atoms with Gasteiger partial charge in [0.1, 0.15) is 5.60 Å². The lowest BCUT2D eigenvalue weighted by atomic mass is 9.74. The fourth-order valence-electron chi connectivity index (χ4n) is 2.47. The average molecular weight is 218 g/mol. The van der Waals surface area contributed by atoms with Gasteiger partial charge in [-0.25, -0.2) is 0 Å². The lowest BCUT2D eigenvalue weighted by Gasteiger charge is -2.34. The molecular formula is C12H14N2O2. The van der Waals surface area contributed by atoms with E-state index >= 15 is 0 Å². The Hall–Kier alpha value is -1.42. The molecule has 0 atom stereocenters. The van der Waals surface area contributed by atoms with Crippen molar-refractivity contribution in [2.45, 2.75) is 25.4 Å². The third kappa shape index (κ3) is 1.33. The molecule has 0 radical (unpaired) electrons. The van der Waals surface area contributed by atoms with E-state index in [1.54, 1.807) is 12.4 Å². The summed E-state index contributed by atoms with van der Waals surface area (Å²) in [5, 5.41) is 2.90. The van der Waals surface area contributed by atoms with Crippen molar-refractivity contribution < 1.29 is 9.53 Å². The molecule has 84 valence electrons. The van der Waals surface area contributed by atoms with E-state index in [2.05, 4.69) is 10.3 Å². The Bertz CT molecular complexity index is 433. The number of carbonyl (C=O) groups excluding carboxylic acids is 1. The largest absolute Gasteiger partial charge is 0.365 e. The normalized spacial score (nSPS) is 30.9. The molecular weight excluding hydrogens is 204 g/mol. The van der Waals surface area contributed by atoms with Gasteiger partial charge in [0.05, 0.1) is 18.5 Å². The number of nitrogens with zero attached hydrogens (tertiary/aromatic N) is 1. The van der Waals surface area contributed by atoms with Gasteiger partial charge in [-0.2, -0.15) is 0 Å². The van der Waals surface area contributed by atoms with E-state index in [4.69, 9.17) is 4.74 Å². The van der Waals surface area contributed by atoms with Crippen molar-refractivity contribution in [2.75, 3.05) is 11.9 Å².